The Balaban J connectivity index is 2.58. The summed E-state index contributed by atoms with van der Waals surface area (Å²) in [6.45, 7) is 9.45. The molecule has 0 aliphatic rings. The van der Waals surface area contributed by atoms with Crippen molar-refractivity contribution < 1.29 is 0 Å². The minimum atomic E-state index is 0.434. The van der Waals surface area contributed by atoms with Crippen LogP contribution in [-0.4, -0.2) is 27.9 Å². The van der Waals surface area contributed by atoms with Gasteiger partial charge in [-0.15, -0.1) is 10.2 Å². The van der Waals surface area contributed by atoms with Crippen molar-refractivity contribution in [1.82, 2.24) is 20.1 Å². The van der Waals surface area contributed by atoms with Crippen molar-refractivity contribution in [3.8, 4) is 0 Å². The molecular formula is C10H20N4. The standard InChI is InChI=1S/C10H20N4/c1-4-6-14-8-12-13-10(14)9(3)7-11-5-2/h8-9,11H,4-7H2,1-3H3. The Bertz CT molecular complexity index is 256. The lowest BCUT2D eigenvalue weighted by molar-refractivity contribution is 0.555. The van der Waals surface area contributed by atoms with E-state index in [-0.39, 0.29) is 0 Å². The second kappa shape index (κ2) is 5.75. The molecule has 14 heavy (non-hydrogen) atoms. The molecule has 0 aromatic carbocycles. The Morgan fingerprint density at radius 2 is 2.29 bits per heavy atom. The van der Waals surface area contributed by atoms with Gasteiger partial charge in [0.15, 0.2) is 0 Å². The van der Waals surface area contributed by atoms with Crippen LogP contribution in [0.3, 0.4) is 0 Å². The number of nitrogens with one attached hydrogen (secondary N) is 1. The maximum atomic E-state index is 4.16. The van der Waals surface area contributed by atoms with Gasteiger partial charge in [-0.1, -0.05) is 20.8 Å². The number of nitrogens with zero attached hydrogens (tertiary/aromatic N) is 3. The summed E-state index contributed by atoms with van der Waals surface area (Å²) in [6, 6.07) is 0. The summed E-state index contributed by atoms with van der Waals surface area (Å²) in [5.74, 6) is 1.52. The third-order valence-corrected chi connectivity index (χ3v) is 2.25. The van der Waals surface area contributed by atoms with E-state index in [0.29, 0.717) is 5.92 Å². The smallest absolute Gasteiger partial charge is 0.136 e. The average Bonchev–Trinajstić information content (AvgIpc) is 2.63. The molecule has 0 radical (unpaired) electrons. The number of likely N-dealkylation sites (N-methyl/N-ethyl adjacent to an activating group) is 1. The first-order chi connectivity index (χ1) is 6.79. The van der Waals surface area contributed by atoms with E-state index in [0.717, 1.165) is 31.9 Å². The Morgan fingerprint density at radius 3 is 2.93 bits per heavy atom. The highest BCUT2D eigenvalue weighted by Crippen LogP contribution is 2.11. The maximum Gasteiger partial charge on any atom is 0.136 e. The molecule has 0 aliphatic carbocycles. The second-order valence-corrected chi connectivity index (χ2v) is 3.59. The molecule has 4 nitrogen and oxygen atoms in total. The summed E-state index contributed by atoms with van der Waals surface area (Å²) in [7, 11) is 0. The Hall–Kier alpha value is -0.900. The highest BCUT2D eigenvalue weighted by atomic mass is 15.3. The van der Waals surface area contributed by atoms with Gasteiger partial charge in [0, 0.05) is 19.0 Å². The van der Waals surface area contributed by atoms with Crippen LogP contribution in [0.1, 0.15) is 38.9 Å². The van der Waals surface area contributed by atoms with Gasteiger partial charge in [0.25, 0.3) is 0 Å². The molecule has 0 aliphatic heterocycles. The zero-order chi connectivity index (χ0) is 10.4. The van der Waals surface area contributed by atoms with Gasteiger partial charge in [0.05, 0.1) is 0 Å². The summed E-state index contributed by atoms with van der Waals surface area (Å²) >= 11 is 0. The first-order valence-electron chi connectivity index (χ1n) is 5.38. The van der Waals surface area contributed by atoms with E-state index in [4.69, 9.17) is 0 Å². The highest BCUT2D eigenvalue weighted by Gasteiger charge is 2.11. The number of hydrogen-bond acceptors (Lipinski definition) is 3. The number of aryl methyl sites for hydroxylation is 1. The molecule has 0 fully saturated rings. The minimum absolute atomic E-state index is 0.434. The lowest BCUT2D eigenvalue weighted by Gasteiger charge is -2.12. The van der Waals surface area contributed by atoms with Crippen molar-refractivity contribution in [3.63, 3.8) is 0 Å². The first kappa shape index (κ1) is 11.2. The molecule has 1 rings (SSSR count). The van der Waals surface area contributed by atoms with Crippen molar-refractivity contribution in [2.75, 3.05) is 13.1 Å². The maximum absolute atomic E-state index is 4.16. The molecule has 1 aromatic heterocycles. The summed E-state index contributed by atoms with van der Waals surface area (Å²) in [5, 5.41) is 11.4. The summed E-state index contributed by atoms with van der Waals surface area (Å²) < 4.78 is 2.14. The van der Waals surface area contributed by atoms with Crippen molar-refractivity contribution >= 4 is 0 Å². The lowest BCUT2D eigenvalue weighted by Crippen LogP contribution is -2.21. The second-order valence-electron chi connectivity index (χ2n) is 3.59. The average molecular weight is 196 g/mol. The number of hydrogen-bond donors (Lipinski definition) is 1. The van der Waals surface area contributed by atoms with Gasteiger partial charge >= 0.3 is 0 Å². The van der Waals surface area contributed by atoms with Crippen molar-refractivity contribution in [2.45, 2.75) is 39.7 Å². The molecular weight excluding hydrogens is 176 g/mol. The third kappa shape index (κ3) is 2.80. The molecule has 0 saturated heterocycles. The summed E-state index contributed by atoms with van der Waals surface area (Å²) in [4.78, 5) is 0. The van der Waals surface area contributed by atoms with Gasteiger partial charge in [-0.25, -0.2) is 0 Å². The summed E-state index contributed by atoms with van der Waals surface area (Å²) in [6.07, 6.45) is 2.94. The summed E-state index contributed by atoms with van der Waals surface area (Å²) in [5.41, 5.74) is 0. The van der Waals surface area contributed by atoms with Crippen LogP contribution >= 0.6 is 0 Å². The Morgan fingerprint density at radius 1 is 1.50 bits per heavy atom. The van der Waals surface area contributed by atoms with Crippen LogP contribution < -0.4 is 5.32 Å². The van der Waals surface area contributed by atoms with Crippen LogP contribution in [0, 0.1) is 0 Å². The van der Waals surface area contributed by atoms with Crippen molar-refractivity contribution in [2.24, 2.45) is 0 Å². The van der Waals surface area contributed by atoms with Gasteiger partial charge in [0.2, 0.25) is 0 Å². The molecule has 0 spiro atoms. The normalized spacial score (nSPS) is 13.1. The van der Waals surface area contributed by atoms with Crippen molar-refractivity contribution in [1.29, 1.82) is 0 Å². The molecule has 1 atom stereocenters. The highest BCUT2D eigenvalue weighted by molar-refractivity contribution is 4.95. The fraction of sp³-hybridized carbons (Fsp3) is 0.800. The number of aromatic nitrogens is 3. The van der Waals surface area contributed by atoms with Crippen molar-refractivity contribution in [3.05, 3.63) is 12.2 Å². The van der Waals surface area contributed by atoms with Crippen LogP contribution in [0.15, 0.2) is 6.33 Å². The molecule has 0 saturated carbocycles. The molecule has 80 valence electrons. The minimum Gasteiger partial charge on any atom is -0.317 e. The van der Waals surface area contributed by atoms with Gasteiger partial charge in [-0.2, -0.15) is 0 Å². The first-order valence-corrected chi connectivity index (χ1v) is 5.38. The van der Waals surface area contributed by atoms with Crippen LogP contribution in [0.25, 0.3) is 0 Å². The predicted octanol–water partition coefficient (Wildman–Crippen LogP) is 1.40. The molecule has 1 aromatic rings. The quantitative estimate of drug-likeness (QED) is 0.748. The van der Waals surface area contributed by atoms with E-state index in [1.54, 1.807) is 0 Å². The van der Waals surface area contributed by atoms with E-state index in [1.165, 1.54) is 0 Å². The molecule has 0 amide bonds. The van der Waals surface area contributed by atoms with Gasteiger partial charge in [0.1, 0.15) is 12.2 Å². The Kier molecular flexibility index (Phi) is 4.59. The topological polar surface area (TPSA) is 42.7 Å². The van der Waals surface area contributed by atoms with E-state index >= 15 is 0 Å². The fourth-order valence-corrected chi connectivity index (χ4v) is 1.51. The SMILES string of the molecule is CCCn1cnnc1C(C)CNCC. The largest absolute Gasteiger partial charge is 0.317 e. The van der Waals surface area contributed by atoms with E-state index < -0.39 is 0 Å². The van der Waals surface area contributed by atoms with Gasteiger partial charge in [-0.3, -0.25) is 0 Å². The zero-order valence-corrected chi connectivity index (χ0v) is 9.32. The lowest BCUT2D eigenvalue weighted by atomic mass is 10.1. The molecule has 1 N–H and O–H groups in total. The number of rotatable bonds is 6. The Labute approximate surface area is 85.7 Å². The van der Waals surface area contributed by atoms with E-state index in [9.17, 15) is 0 Å². The molecule has 1 heterocycles. The zero-order valence-electron chi connectivity index (χ0n) is 9.32. The third-order valence-electron chi connectivity index (χ3n) is 2.25. The molecule has 0 bridgehead atoms. The van der Waals surface area contributed by atoms with Crippen LogP contribution in [0.5, 0.6) is 0 Å². The predicted molar refractivity (Wildman–Crippen MR) is 57.3 cm³/mol. The van der Waals surface area contributed by atoms with Gasteiger partial charge in [-0.05, 0) is 13.0 Å². The van der Waals surface area contributed by atoms with E-state index in [2.05, 4.69) is 40.9 Å². The van der Waals surface area contributed by atoms with Gasteiger partial charge < -0.3 is 9.88 Å². The van der Waals surface area contributed by atoms with Crippen LogP contribution in [-0.2, 0) is 6.54 Å². The van der Waals surface area contributed by atoms with Crippen LogP contribution in [0.2, 0.25) is 0 Å². The van der Waals surface area contributed by atoms with Crippen LogP contribution in [0.4, 0.5) is 0 Å². The van der Waals surface area contributed by atoms with E-state index in [1.807, 2.05) is 6.33 Å². The molecule has 4 heteroatoms. The fourth-order valence-electron chi connectivity index (χ4n) is 1.51. The monoisotopic (exact) mass is 196 g/mol. The molecule has 1 unspecified atom stereocenters.